The number of aryl methyl sites for hydroxylation is 1. The van der Waals surface area contributed by atoms with Gasteiger partial charge in [-0.25, -0.2) is 0 Å². The first-order chi connectivity index (χ1) is 17.9. The van der Waals surface area contributed by atoms with Gasteiger partial charge in [0, 0.05) is 5.56 Å². The number of amides is 2. The molecule has 3 aromatic carbocycles. The summed E-state index contributed by atoms with van der Waals surface area (Å²) in [6, 6.07) is 23.0. The number of likely N-dealkylation sites (N-methyl/N-ethyl adjacent to an activating group) is 1. The van der Waals surface area contributed by atoms with Gasteiger partial charge in [-0.05, 0) is 54.8 Å². The van der Waals surface area contributed by atoms with Crippen LogP contribution in [0.25, 0.3) is 6.08 Å². The summed E-state index contributed by atoms with van der Waals surface area (Å²) in [5.41, 5.74) is 4.35. The van der Waals surface area contributed by atoms with Crippen molar-refractivity contribution in [3.63, 3.8) is 0 Å². The van der Waals surface area contributed by atoms with E-state index >= 15 is 0 Å². The molecule has 192 valence electrons. The van der Waals surface area contributed by atoms with Gasteiger partial charge in [-0.2, -0.15) is 0 Å². The van der Waals surface area contributed by atoms with E-state index in [0.717, 1.165) is 29.9 Å². The molecule has 1 unspecified atom stereocenters. The van der Waals surface area contributed by atoms with E-state index in [1.807, 2.05) is 67.6 Å². The van der Waals surface area contributed by atoms with Gasteiger partial charge in [0.05, 0.1) is 38.9 Å². The van der Waals surface area contributed by atoms with Gasteiger partial charge in [0.1, 0.15) is 0 Å². The summed E-state index contributed by atoms with van der Waals surface area (Å²) in [7, 11) is 2.15. The predicted molar refractivity (Wildman–Crippen MR) is 148 cm³/mol. The average Bonchev–Trinajstić information content (AvgIpc) is 2.91. The number of rotatable bonds is 10. The Morgan fingerprint density at radius 3 is 2.46 bits per heavy atom. The zero-order valence-corrected chi connectivity index (χ0v) is 21.9. The Morgan fingerprint density at radius 2 is 1.73 bits per heavy atom. The molecule has 1 atom stereocenters. The molecular formula is C31H36N3O3+. The summed E-state index contributed by atoms with van der Waals surface area (Å²) in [5, 5.41) is 3.00. The molecule has 0 fully saturated rings. The van der Waals surface area contributed by atoms with Gasteiger partial charge in [0.2, 0.25) is 0 Å². The van der Waals surface area contributed by atoms with Gasteiger partial charge in [0.15, 0.2) is 11.5 Å². The van der Waals surface area contributed by atoms with E-state index in [2.05, 4.69) is 19.3 Å². The van der Waals surface area contributed by atoms with E-state index in [4.69, 9.17) is 4.74 Å². The maximum absolute atomic E-state index is 13.4. The summed E-state index contributed by atoms with van der Waals surface area (Å²) in [6.45, 7) is 7.33. The monoisotopic (exact) mass is 498 g/mol. The van der Waals surface area contributed by atoms with Crippen LogP contribution in [0, 0.1) is 6.92 Å². The Hall–Kier alpha value is -3.90. The van der Waals surface area contributed by atoms with Crippen LogP contribution < -0.4 is 19.9 Å². The second-order valence-corrected chi connectivity index (χ2v) is 9.64. The zero-order valence-electron chi connectivity index (χ0n) is 21.9. The van der Waals surface area contributed by atoms with E-state index in [-0.39, 0.29) is 17.6 Å². The van der Waals surface area contributed by atoms with Crippen LogP contribution >= 0.6 is 0 Å². The molecule has 4 rings (SSSR count). The lowest BCUT2D eigenvalue weighted by atomic mass is 10.1. The number of nitrogens with zero attached hydrogens (tertiary/aromatic N) is 1. The van der Waals surface area contributed by atoms with Crippen molar-refractivity contribution < 1.29 is 19.2 Å². The Kier molecular flexibility index (Phi) is 8.75. The van der Waals surface area contributed by atoms with Gasteiger partial charge in [-0.15, -0.1) is 0 Å². The second kappa shape index (κ2) is 12.4. The molecule has 1 aliphatic rings. The molecule has 37 heavy (non-hydrogen) atoms. The molecule has 2 N–H and O–H groups in total. The third-order valence-corrected chi connectivity index (χ3v) is 6.56. The number of para-hydroxylation sites is 2. The lowest BCUT2D eigenvalue weighted by Crippen LogP contribution is -3.09. The maximum Gasteiger partial charge on any atom is 0.294 e. The summed E-state index contributed by atoms with van der Waals surface area (Å²) < 4.78 is 6.00. The van der Waals surface area contributed by atoms with Crippen LogP contribution in [0.1, 0.15) is 46.8 Å². The standard InChI is InChI=1S/C31H35N3O3/c1-4-5-19-33(3)20-18-32-30(35)26-16-14-24(15-17-26)21-29-31(36)34(22-25-12-10-23(2)11-13-25)27-8-6-7-9-28(27)37-29/h6-17,21H,4-5,18-20,22H2,1-3H3,(H,32,35)/p+1. The molecule has 1 heterocycles. The SMILES string of the molecule is CCCC[NH+](C)CCNC(=O)c1ccc(C=C2Oc3ccccc3N(Cc3ccc(C)cc3)C2=O)cc1. The maximum atomic E-state index is 13.4. The molecule has 0 aliphatic carbocycles. The Balaban J connectivity index is 1.45. The van der Waals surface area contributed by atoms with Crippen molar-refractivity contribution in [3.8, 4) is 5.75 Å². The van der Waals surface area contributed by atoms with Crippen LogP contribution in [0.3, 0.4) is 0 Å². The van der Waals surface area contributed by atoms with Crippen molar-refractivity contribution in [1.82, 2.24) is 5.32 Å². The van der Waals surface area contributed by atoms with Crippen molar-refractivity contribution in [2.24, 2.45) is 0 Å². The highest BCUT2D eigenvalue weighted by Gasteiger charge is 2.30. The number of hydrogen-bond acceptors (Lipinski definition) is 3. The first kappa shape index (κ1) is 26.2. The topological polar surface area (TPSA) is 63.1 Å². The van der Waals surface area contributed by atoms with Gasteiger partial charge < -0.3 is 15.0 Å². The summed E-state index contributed by atoms with van der Waals surface area (Å²) in [5.74, 6) is 0.602. The van der Waals surface area contributed by atoms with Crippen molar-refractivity contribution in [3.05, 3.63) is 101 Å². The third-order valence-electron chi connectivity index (χ3n) is 6.56. The Morgan fingerprint density at radius 1 is 1.00 bits per heavy atom. The smallest absolute Gasteiger partial charge is 0.294 e. The molecular weight excluding hydrogens is 462 g/mol. The molecule has 0 saturated heterocycles. The van der Waals surface area contributed by atoms with Gasteiger partial charge in [-0.3, -0.25) is 14.5 Å². The Bertz CT molecular complexity index is 1250. The van der Waals surface area contributed by atoms with Gasteiger partial charge in [-0.1, -0.05) is 67.4 Å². The molecule has 6 heteroatoms. The van der Waals surface area contributed by atoms with Crippen LogP contribution in [0.5, 0.6) is 5.75 Å². The number of carbonyl (C=O) groups is 2. The van der Waals surface area contributed by atoms with E-state index in [9.17, 15) is 9.59 Å². The molecule has 0 saturated carbocycles. The van der Waals surface area contributed by atoms with Crippen molar-refractivity contribution in [1.29, 1.82) is 0 Å². The van der Waals surface area contributed by atoms with Gasteiger partial charge >= 0.3 is 0 Å². The predicted octanol–water partition coefficient (Wildman–Crippen LogP) is 4.01. The summed E-state index contributed by atoms with van der Waals surface area (Å²) in [4.78, 5) is 29.2. The minimum atomic E-state index is -0.198. The molecule has 0 radical (unpaired) electrons. The molecule has 6 nitrogen and oxygen atoms in total. The molecule has 0 aromatic heterocycles. The van der Waals surface area contributed by atoms with Crippen molar-refractivity contribution >= 4 is 23.6 Å². The lowest BCUT2D eigenvalue weighted by Gasteiger charge is -2.30. The Labute approximate surface area is 219 Å². The second-order valence-electron chi connectivity index (χ2n) is 9.64. The minimum Gasteiger partial charge on any atom is -0.449 e. The van der Waals surface area contributed by atoms with Crippen LogP contribution in [-0.4, -0.2) is 38.5 Å². The fourth-order valence-corrected chi connectivity index (χ4v) is 4.27. The first-order valence-electron chi connectivity index (χ1n) is 13.0. The number of anilines is 1. The summed E-state index contributed by atoms with van der Waals surface area (Å²) >= 11 is 0. The largest absolute Gasteiger partial charge is 0.449 e. The zero-order chi connectivity index (χ0) is 26.2. The molecule has 2 amide bonds. The number of ether oxygens (including phenoxy) is 1. The number of unbranched alkanes of at least 4 members (excludes halogenated alkanes) is 1. The molecule has 3 aromatic rings. The highest BCUT2D eigenvalue weighted by molar-refractivity contribution is 6.09. The van der Waals surface area contributed by atoms with Crippen LogP contribution in [-0.2, 0) is 11.3 Å². The van der Waals surface area contributed by atoms with E-state index in [1.165, 1.54) is 23.3 Å². The highest BCUT2D eigenvalue weighted by Crippen LogP contribution is 2.36. The van der Waals surface area contributed by atoms with Gasteiger partial charge in [0.25, 0.3) is 11.8 Å². The summed E-state index contributed by atoms with van der Waals surface area (Å²) in [6.07, 6.45) is 4.10. The van der Waals surface area contributed by atoms with Crippen LogP contribution in [0.4, 0.5) is 5.69 Å². The van der Waals surface area contributed by atoms with Crippen molar-refractivity contribution in [2.45, 2.75) is 33.2 Å². The third kappa shape index (κ3) is 6.86. The number of carbonyl (C=O) groups excluding carboxylic acids is 2. The quantitative estimate of drug-likeness (QED) is 0.415. The number of nitrogens with one attached hydrogen (secondary N) is 2. The fourth-order valence-electron chi connectivity index (χ4n) is 4.27. The van der Waals surface area contributed by atoms with Crippen LogP contribution in [0.2, 0.25) is 0 Å². The average molecular weight is 499 g/mol. The number of quaternary nitrogens is 1. The molecule has 0 bridgehead atoms. The van der Waals surface area contributed by atoms with E-state index in [0.29, 0.717) is 24.4 Å². The highest BCUT2D eigenvalue weighted by atomic mass is 16.5. The number of benzene rings is 3. The fraction of sp³-hybridized carbons (Fsp3) is 0.290. The lowest BCUT2D eigenvalue weighted by molar-refractivity contribution is -0.878. The van der Waals surface area contributed by atoms with Crippen molar-refractivity contribution in [2.75, 3.05) is 31.6 Å². The molecule has 0 spiro atoms. The normalized spacial score (nSPS) is 14.7. The van der Waals surface area contributed by atoms with Crippen LogP contribution in [0.15, 0.2) is 78.6 Å². The number of fused-ring (bicyclic) bond motifs is 1. The van der Waals surface area contributed by atoms with E-state index < -0.39 is 0 Å². The minimum absolute atomic E-state index is 0.0920. The van der Waals surface area contributed by atoms with E-state index in [1.54, 1.807) is 23.1 Å². The molecule has 1 aliphatic heterocycles. The first-order valence-corrected chi connectivity index (χ1v) is 13.0. The number of hydrogen-bond donors (Lipinski definition) is 2.